The summed E-state index contributed by atoms with van der Waals surface area (Å²) in [6.45, 7) is 42.3. The van der Waals surface area contributed by atoms with Crippen molar-refractivity contribution in [3.63, 3.8) is 0 Å². The highest BCUT2D eigenvalue weighted by molar-refractivity contribution is 7.00. The van der Waals surface area contributed by atoms with Crippen molar-refractivity contribution in [2.24, 2.45) is 0 Å². The van der Waals surface area contributed by atoms with Crippen molar-refractivity contribution in [3.8, 4) is 56.1 Å². The molecule has 0 unspecified atom stereocenters. The van der Waals surface area contributed by atoms with Gasteiger partial charge in [0.1, 0.15) is 0 Å². The summed E-state index contributed by atoms with van der Waals surface area (Å²) in [5.41, 5.74) is 28.6. The van der Waals surface area contributed by atoms with Crippen molar-refractivity contribution in [3.05, 3.63) is 191 Å². The summed E-state index contributed by atoms with van der Waals surface area (Å²) in [6, 6.07) is 61.8. The van der Waals surface area contributed by atoms with Gasteiger partial charge in [-0.15, -0.1) is 0 Å². The maximum atomic E-state index is 5.54. The van der Waals surface area contributed by atoms with E-state index < -0.39 is 0 Å². The molecular weight excluding hydrogens is 978 g/mol. The molecule has 0 fully saturated rings. The van der Waals surface area contributed by atoms with Crippen molar-refractivity contribution in [1.29, 1.82) is 0 Å². The third-order valence-corrected chi connectivity index (χ3v) is 18.2. The van der Waals surface area contributed by atoms with Gasteiger partial charge in [0.15, 0.2) is 0 Å². The van der Waals surface area contributed by atoms with E-state index >= 15 is 0 Å². The van der Waals surface area contributed by atoms with E-state index in [4.69, 9.17) is 4.98 Å². The molecule has 3 nitrogen and oxygen atoms in total. The topological polar surface area (TPSA) is 22.8 Å². The molecule has 406 valence electrons. The third kappa shape index (κ3) is 8.47. The number of aromatic nitrogens is 3. The summed E-state index contributed by atoms with van der Waals surface area (Å²) in [4.78, 5) is 5.54. The van der Waals surface area contributed by atoms with E-state index in [0.29, 0.717) is 0 Å². The number of nitrogens with zero attached hydrogens (tertiary/aromatic N) is 3. The van der Waals surface area contributed by atoms with Crippen LogP contribution in [0.3, 0.4) is 0 Å². The summed E-state index contributed by atoms with van der Waals surface area (Å²) in [7, 11) is 0. The van der Waals surface area contributed by atoms with Crippen LogP contribution in [0.15, 0.2) is 158 Å². The highest BCUT2D eigenvalue weighted by Crippen LogP contribution is 2.48. The maximum Gasteiger partial charge on any atom is 0.252 e. The number of benzene rings is 8. The molecule has 0 amide bonds. The molecule has 2 aliphatic rings. The molecule has 0 radical (unpaired) electrons. The van der Waals surface area contributed by atoms with E-state index in [1.165, 1.54) is 127 Å². The van der Waals surface area contributed by atoms with Gasteiger partial charge >= 0.3 is 0 Å². The SMILES string of the molecule is CC(C)(C)c1cc(-c2ccc3c4c2c2cc(C(C)(C)C)ccc2n4-c2cc(-c4cccc(-c5ccccc5)n4)cc4c2B3c2ccc(-c3cc(C(C)(C)C)cc(C(C)(C)C)c3)c3c5cc(C(C)(C)C)ccc5n-4c23)cc(C(C)(C)C)c1. The van der Waals surface area contributed by atoms with Gasteiger partial charge in [-0.1, -0.05) is 234 Å². The Labute approximate surface area is 482 Å². The van der Waals surface area contributed by atoms with Crippen molar-refractivity contribution in [1.82, 2.24) is 14.1 Å². The average Bonchev–Trinajstić information content (AvgIpc) is 2.94. The Morgan fingerprint density at radius 3 is 1.09 bits per heavy atom. The van der Waals surface area contributed by atoms with Gasteiger partial charge in [-0.3, -0.25) is 0 Å². The Hall–Kier alpha value is -7.43. The van der Waals surface area contributed by atoms with Crippen LogP contribution in [0, 0.1) is 0 Å². The van der Waals surface area contributed by atoms with Gasteiger partial charge in [0.2, 0.25) is 0 Å². The van der Waals surface area contributed by atoms with E-state index in [-0.39, 0.29) is 39.2 Å². The molecule has 3 aromatic heterocycles. The lowest BCUT2D eigenvalue weighted by Crippen LogP contribution is -2.59. The molecular formula is C77H80BN3. The maximum absolute atomic E-state index is 5.54. The largest absolute Gasteiger partial charge is 0.310 e. The summed E-state index contributed by atoms with van der Waals surface area (Å²) in [5, 5.41) is 5.24. The minimum atomic E-state index is -0.0596. The Bertz CT molecular complexity index is 4130. The van der Waals surface area contributed by atoms with Gasteiger partial charge in [0, 0.05) is 55.1 Å². The predicted molar refractivity (Wildman–Crippen MR) is 352 cm³/mol. The van der Waals surface area contributed by atoms with Crippen molar-refractivity contribution < 1.29 is 0 Å². The lowest BCUT2D eigenvalue weighted by molar-refractivity contribution is 0.568. The van der Waals surface area contributed by atoms with Gasteiger partial charge in [-0.25, -0.2) is 4.98 Å². The zero-order chi connectivity index (χ0) is 57.4. The average molecular weight is 1060 g/mol. The van der Waals surface area contributed by atoms with E-state index in [2.05, 4.69) is 291 Å². The second-order valence-electron chi connectivity index (χ2n) is 30.2. The minimum Gasteiger partial charge on any atom is -0.310 e. The summed E-state index contributed by atoms with van der Waals surface area (Å²) in [6.07, 6.45) is 0. The van der Waals surface area contributed by atoms with Crippen LogP contribution in [0.25, 0.3) is 99.8 Å². The molecule has 11 aromatic rings. The van der Waals surface area contributed by atoms with E-state index in [9.17, 15) is 0 Å². The molecule has 8 aromatic carbocycles. The monoisotopic (exact) mass is 1060 g/mol. The van der Waals surface area contributed by atoms with Crippen LogP contribution in [-0.4, -0.2) is 20.8 Å². The number of pyridine rings is 1. The second-order valence-corrected chi connectivity index (χ2v) is 30.2. The Kier molecular flexibility index (Phi) is 11.5. The van der Waals surface area contributed by atoms with Crippen LogP contribution < -0.4 is 16.4 Å². The molecule has 5 heterocycles. The van der Waals surface area contributed by atoms with Crippen LogP contribution in [0.2, 0.25) is 0 Å². The predicted octanol–water partition coefficient (Wildman–Crippen LogP) is 18.9. The Morgan fingerprint density at radius 2 is 0.704 bits per heavy atom. The fourth-order valence-electron chi connectivity index (χ4n) is 13.3. The van der Waals surface area contributed by atoms with Crippen molar-refractivity contribution in [2.75, 3.05) is 0 Å². The third-order valence-electron chi connectivity index (χ3n) is 18.2. The molecule has 0 N–H and O–H groups in total. The molecule has 4 heteroatoms. The van der Waals surface area contributed by atoms with E-state index in [1.807, 2.05) is 0 Å². The lowest BCUT2D eigenvalue weighted by Gasteiger charge is -2.34. The van der Waals surface area contributed by atoms with Crippen LogP contribution in [0.1, 0.15) is 158 Å². The van der Waals surface area contributed by atoms with E-state index in [0.717, 1.165) is 22.5 Å². The van der Waals surface area contributed by atoms with E-state index in [1.54, 1.807) is 0 Å². The number of fused-ring (bicyclic) bond motifs is 10. The molecule has 0 spiro atoms. The number of hydrogen-bond acceptors (Lipinski definition) is 1. The van der Waals surface area contributed by atoms with Crippen molar-refractivity contribution >= 4 is 66.7 Å². The molecule has 0 saturated carbocycles. The fourth-order valence-corrected chi connectivity index (χ4v) is 13.3. The Balaban J connectivity index is 1.22. The zero-order valence-electron chi connectivity index (χ0n) is 51.4. The molecule has 0 aliphatic carbocycles. The quantitative estimate of drug-likeness (QED) is 0.161. The standard InChI is InChI=1S/C77H80BN3/c1-72(2,3)49-27-33-63-57(43-49)67-55(46-35-51(74(7,8)9)41-52(36-46)75(10,11)12)29-31-59-70(67)80(63)65-39-48(62-26-22-25-61(79-62)45-23-20-19-21-24-45)40-66-69(65)78(59)60-32-30-56(47-37-53(76(13,14)15)42-54(38-47)77(16,17)18)68-58-44-50(73(4,5)6)28-34-64(58)81(66)71(60)68/h19-44H,1-18H3. The molecule has 0 atom stereocenters. The zero-order valence-corrected chi connectivity index (χ0v) is 51.4. The number of rotatable bonds is 4. The first-order chi connectivity index (χ1) is 37.9. The van der Waals surface area contributed by atoms with Crippen LogP contribution in [-0.2, 0) is 32.5 Å². The molecule has 0 bridgehead atoms. The summed E-state index contributed by atoms with van der Waals surface area (Å²) < 4.78 is 5.33. The first-order valence-electron chi connectivity index (χ1n) is 29.7. The first kappa shape index (κ1) is 52.9. The highest BCUT2D eigenvalue weighted by Gasteiger charge is 2.43. The van der Waals surface area contributed by atoms with Crippen LogP contribution in [0.4, 0.5) is 0 Å². The second kappa shape index (κ2) is 17.5. The van der Waals surface area contributed by atoms with Gasteiger partial charge in [-0.05, 0) is 153 Å². The number of hydrogen-bond donors (Lipinski definition) is 0. The van der Waals surface area contributed by atoms with Gasteiger partial charge in [0.25, 0.3) is 6.71 Å². The molecule has 2 aliphatic heterocycles. The highest BCUT2D eigenvalue weighted by atomic mass is 15.0. The Morgan fingerprint density at radius 1 is 0.321 bits per heavy atom. The molecule has 13 rings (SSSR count). The smallest absolute Gasteiger partial charge is 0.252 e. The minimum absolute atomic E-state index is 0.0421. The first-order valence-corrected chi connectivity index (χ1v) is 29.7. The fraction of sp³-hybridized carbons (Fsp3) is 0.312. The summed E-state index contributed by atoms with van der Waals surface area (Å²) >= 11 is 0. The van der Waals surface area contributed by atoms with Gasteiger partial charge < -0.3 is 9.13 Å². The van der Waals surface area contributed by atoms with Crippen molar-refractivity contribution in [2.45, 2.75) is 157 Å². The van der Waals surface area contributed by atoms with Gasteiger partial charge in [0.05, 0.1) is 22.4 Å². The molecule has 81 heavy (non-hydrogen) atoms. The molecule has 0 saturated heterocycles. The van der Waals surface area contributed by atoms with Crippen LogP contribution in [0.5, 0.6) is 0 Å². The van der Waals surface area contributed by atoms with Gasteiger partial charge in [-0.2, -0.15) is 0 Å². The normalized spacial score (nSPS) is 13.8. The summed E-state index contributed by atoms with van der Waals surface area (Å²) in [5.74, 6) is 0. The lowest BCUT2D eigenvalue weighted by atomic mass is 9.34. The van der Waals surface area contributed by atoms with Crippen LogP contribution >= 0.6 is 0 Å².